The first kappa shape index (κ1) is 27.2. The van der Waals surface area contributed by atoms with Gasteiger partial charge in [-0.05, 0) is 84.3 Å². The fourth-order valence-corrected chi connectivity index (χ4v) is 4.84. The number of aromatic nitrogens is 2. The van der Waals surface area contributed by atoms with Crippen LogP contribution in [0.4, 0.5) is 17.6 Å². The number of nitrogens with one attached hydrogen (secondary N) is 2. The first-order valence-corrected chi connectivity index (χ1v) is 12.8. The smallest absolute Gasteiger partial charge is 0.387 e. The monoisotopic (exact) mass is 552 g/mol. The van der Waals surface area contributed by atoms with Crippen LogP contribution < -0.4 is 15.7 Å². The molecule has 1 heterocycles. The number of hydrogen-bond donors (Lipinski definition) is 2. The van der Waals surface area contributed by atoms with Gasteiger partial charge in [0.05, 0.1) is 12.6 Å². The van der Waals surface area contributed by atoms with Crippen LogP contribution in [0.2, 0.25) is 0 Å². The molecular formula is C30H28F4N4O2. The number of imidazole rings is 1. The summed E-state index contributed by atoms with van der Waals surface area (Å²) in [5, 5.41) is 11.3. The number of carbonyl (C=O) groups excluding carboxylic acids is 1. The summed E-state index contributed by atoms with van der Waals surface area (Å²) in [5.74, 6) is -1.61. The van der Waals surface area contributed by atoms with E-state index < -0.39 is 18.3 Å². The van der Waals surface area contributed by atoms with E-state index in [4.69, 9.17) is 5.41 Å². The Bertz CT molecular complexity index is 1620. The van der Waals surface area contributed by atoms with E-state index in [1.165, 1.54) is 12.1 Å². The molecule has 1 aliphatic rings. The molecule has 0 radical (unpaired) electrons. The van der Waals surface area contributed by atoms with Gasteiger partial charge in [0.15, 0.2) is 0 Å². The molecule has 6 nitrogen and oxygen atoms in total. The van der Waals surface area contributed by atoms with Crippen LogP contribution in [0.25, 0.3) is 11.1 Å². The van der Waals surface area contributed by atoms with Crippen molar-refractivity contribution in [2.45, 2.75) is 39.0 Å². The quantitative estimate of drug-likeness (QED) is 0.247. The SMILES string of the molecule is Cc1cc(C(NC(=O)c2cc(Cn3ccn(C)c3=N)cc(-c3ccc(F)cc3OC(F)F)c2)C2CC2)ccc1F. The molecule has 0 aliphatic heterocycles. The van der Waals surface area contributed by atoms with Gasteiger partial charge >= 0.3 is 6.61 Å². The molecule has 1 fully saturated rings. The lowest BCUT2D eigenvalue weighted by Crippen LogP contribution is -2.30. The lowest BCUT2D eigenvalue weighted by molar-refractivity contribution is -0.0496. The van der Waals surface area contributed by atoms with E-state index in [-0.39, 0.29) is 46.8 Å². The molecule has 10 heteroatoms. The van der Waals surface area contributed by atoms with Crippen molar-refractivity contribution in [3.8, 4) is 16.9 Å². The number of hydrogen-bond acceptors (Lipinski definition) is 3. The zero-order chi connectivity index (χ0) is 28.6. The summed E-state index contributed by atoms with van der Waals surface area (Å²) in [7, 11) is 1.73. The van der Waals surface area contributed by atoms with Crippen molar-refractivity contribution in [2.75, 3.05) is 0 Å². The van der Waals surface area contributed by atoms with E-state index in [0.717, 1.165) is 30.5 Å². The highest BCUT2D eigenvalue weighted by molar-refractivity contribution is 5.96. The normalized spacial score (nSPS) is 13.9. The molecule has 208 valence electrons. The maximum atomic E-state index is 13.9. The van der Waals surface area contributed by atoms with E-state index in [2.05, 4.69) is 10.1 Å². The Morgan fingerprint density at radius 1 is 1.07 bits per heavy atom. The number of ether oxygens (including phenoxy) is 1. The molecule has 0 spiro atoms. The number of aryl methyl sites for hydroxylation is 2. The van der Waals surface area contributed by atoms with Gasteiger partial charge in [0.25, 0.3) is 5.91 Å². The molecule has 1 unspecified atom stereocenters. The summed E-state index contributed by atoms with van der Waals surface area (Å²) < 4.78 is 62.0. The number of carbonyl (C=O) groups is 1. The Balaban J connectivity index is 1.55. The zero-order valence-electron chi connectivity index (χ0n) is 21.9. The zero-order valence-corrected chi connectivity index (χ0v) is 21.9. The minimum Gasteiger partial charge on any atom is -0.434 e. The lowest BCUT2D eigenvalue weighted by Gasteiger charge is -2.20. The van der Waals surface area contributed by atoms with Crippen LogP contribution in [0.1, 0.15) is 45.9 Å². The van der Waals surface area contributed by atoms with Gasteiger partial charge in [0, 0.05) is 36.6 Å². The van der Waals surface area contributed by atoms with Crippen molar-refractivity contribution in [1.29, 1.82) is 5.41 Å². The summed E-state index contributed by atoms with van der Waals surface area (Å²) in [5.41, 5.74) is 2.95. The standard InChI is InChI=1S/C30H28F4N4O2/c1-17-11-20(5-8-25(17)32)27(19-3-4-19)36-28(39)22-13-18(16-38-10-9-37(2)30(38)35)12-21(14-22)24-7-6-23(31)15-26(24)40-29(33)34/h5-15,19,27,29,35H,3-4,16H2,1-2H3,(H,36,39). The molecule has 4 aromatic rings. The molecule has 0 saturated heterocycles. The maximum Gasteiger partial charge on any atom is 0.387 e. The fourth-order valence-electron chi connectivity index (χ4n) is 4.84. The molecule has 1 aromatic heterocycles. The van der Waals surface area contributed by atoms with E-state index in [9.17, 15) is 22.4 Å². The highest BCUT2D eigenvalue weighted by Gasteiger charge is 2.34. The van der Waals surface area contributed by atoms with Gasteiger partial charge in [0.1, 0.15) is 17.4 Å². The number of halogens is 4. The highest BCUT2D eigenvalue weighted by Crippen LogP contribution is 2.41. The average molecular weight is 553 g/mol. The minimum atomic E-state index is -3.17. The van der Waals surface area contributed by atoms with Gasteiger partial charge in [-0.2, -0.15) is 8.78 Å². The van der Waals surface area contributed by atoms with E-state index in [0.29, 0.717) is 16.7 Å². The topological polar surface area (TPSA) is 72.0 Å². The van der Waals surface area contributed by atoms with Crippen molar-refractivity contribution in [3.63, 3.8) is 0 Å². The second-order valence-electron chi connectivity index (χ2n) is 10.1. The van der Waals surface area contributed by atoms with Crippen molar-refractivity contribution < 1.29 is 27.1 Å². The Morgan fingerprint density at radius 3 is 2.50 bits per heavy atom. The predicted molar refractivity (Wildman–Crippen MR) is 141 cm³/mol. The maximum absolute atomic E-state index is 13.9. The Labute approximate surface area is 228 Å². The first-order valence-electron chi connectivity index (χ1n) is 12.8. The molecule has 2 N–H and O–H groups in total. The molecule has 40 heavy (non-hydrogen) atoms. The number of rotatable bonds is 9. The summed E-state index contributed by atoms with van der Waals surface area (Å²) in [6.45, 7) is -1.27. The molecular weight excluding hydrogens is 524 g/mol. The van der Waals surface area contributed by atoms with Crippen molar-refractivity contribution in [1.82, 2.24) is 14.5 Å². The summed E-state index contributed by atoms with van der Waals surface area (Å²) >= 11 is 0. The molecule has 1 atom stereocenters. The average Bonchev–Trinajstić information content (AvgIpc) is 3.70. The van der Waals surface area contributed by atoms with Crippen molar-refractivity contribution in [2.24, 2.45) is 13.0 Å². The third-order valence-corrected chi connectivity index (χ3v) is 7.08. The highest BCUT2D eigenvalue weighted by atomic mass is 19.3. The fraction of sp³-hybridized carbons (Fsp3) is 0.267. The summed E-state index contributed by atoms with van der Waals surface area (Å²) in [6, 6.07) is 12.7. The van der Waals surface area contributed by atoms with Gasteiger partial charge in [-0.1, -0.05) is 12.1 Å². The predicted octanol–water partition coefficient (Wildman–Crippen LogP) is 6.09. The number of alkyl halides is 2. The largest absolute Gasteiger partial charge is 0.434 e. The third-order valence-electron chi connectivity index (χ3n) is 7.08. The van der Waals surface area contributed by atoms with Gasteiger partial charge < -0.3 is 19.2 Å². The van der Waals surface area contributed by atoms with Crippen molar-refractivity contribution >= 4 is 5.91 Å². The number of amides is 1. The molecule has 0 bridgehead atoms. The Kier molecular flexibility index (Phi) is 7.51. The van der Waals surface area contributed by atoms with Gasteiger partial charge in [-0.3, -0.25) is 10.2 Å². The number of nitrogens with zero attached hydrogens (tertiary/aromatic N) is 2. The van der Waals surface area contributed by atoms with Gasteiger partial charge in [-0.15, -0.1) is 0 Å². The molecule has 1 aliphatic carbocycles. The van der Waals surface area contributed by atoms with Gasteiger partial charge in [0.2, 0.25) is 5.62 Å². The Hall–Kier alpha value is -4.34. The Morgan fingerprint density at radius 2 is 1.85 bits per heavy atom. The first-order chi connectivity index (χ1) is 19.1. The van der Waals surface area contributed by atoms with Crippen LogP contribution in [0.3, 0.4) is 0 Å². The molecule has 5 rings (SSSR count). The van der Waals surface area contributed by atoms with Crippen molar-refractivity contribution in [3.05, 3.63) is 106 Å². The second-order valence-corrected chi connectivity index (χ2v) is 10.1. The number of benzene rings is 3. The summed E-state index contributed by atoms with van der Waals surface area (Å²) in [6.07, 6.45) is 5.29. The van der Waals surface area contributed by atoms with Crippen LogP contribution in [0, 0.1) is 29.9 Å². The minimum absolute atomic E-state index is 0.190. The molecule has 1 amide bonds. The van der Waals surface area contributed by atoms with Crippen LogP contribution in [-0.2, 0) is 13.6 Å². The summed E-state index contributed by atoms with van der Waals surface area (Å²) in [4.78, 5) is 13.6. The van der Waals surface area contributed by atoms with E-state index in [1.54, 1.807) is 65.8 Å². The molecule has 1 saturated carbocycles. The van der Waals surface area contributed by atoms with Crippen LogP contribution in [-0.4, -0.2) is 21.7 Å². The van der Waals surface area contributed by atoms with Crippen LogP contribution in [0.15, 0.2) is 67.0 Å². The van der Waals surface area contributed by atoms with Crippen LogP contribution >= 0.6 is 0 Å². The van der Waals surface area contributed by atoms with Crippen LogP contribution in [0.5, 0.6) is 5.75 Å². The van der Waals surface area contributed by atoms with Gasteiger partial charge in [-0.25, -0.2) is 8.78 Å². The second kappa shape index (κ2) is 11.0. The van der Waals surface area contributed by atoms with E-state index >= 15 is 0 Å². The van der Waals surface area contributed by atoms with E-state index in [1.807, 2.05) is 0 Å². The molecule has 3 aromatic carbocycles. The third kappa shape index (κ3) is 5.95. The lowest BCUT2D eigenvalue weighted by atomic mass is 9.97.